The summed E-state index contributed by atoms with van der Waals surface area (Å²) in [6.07, 6.45) is 9.37. The van der Waals surface area contributed by atoms with E-state index in [0.717, 1.165) is 11.5 Å². The third-order valence-corrected chi connectivity index (χ3v) is 4.72. The fraction of sp³-hybridized carbons (Fsp3) is 0.733. The van der Waals surface area contributed by atoms with Crippen LogP contribution < -0.4 is 0 Å². The standard InChI is InChI=1S/C15H23N3S/c1-12(2)19-15(17-11-16)13-7-3-4-8-14(13)18-9-5-6-10-18/h12H,3-10H2,1-2H3. The van der Waals surface area contributed by atoms with E-state index in [1.54, 1.807) is 11.8 Å². The van der Waals surface area contributed by atoms with Gasteiger partial charge in [-0.05, 0) is 38.5 Å². The van der Waals surface area contributed by atoms with Gasteiger partial charge in [0, 0.05) is 29.6 Å². The Labute approximate surface area is 120 Å². The van der Waals surface area contributed by atoms with Gasteiger partial charge in [0.15, 0.2) is 0 Å². The molecule has 3 nitrogen and oxygen atoms in total. The van der Waals surface area contributed by atoms with E-state index in [2.05, 4.69) is 23.7 Å². The Morgan fingerprint density at radius 3 is 2.53 bits per heavy atom. The van der Waals surface area contributed by atoms with Gasteiger partial charge in [0.1, 0.15) is 5.04 Å². The molecule has 0 amide bonds. The number of likely N-dealkylation sites (tertiary alicyclic amines) is 1. The molecule has 104 valence electrons. The van der Waals surface area contributed by atoms with Crippen LogP contribution in [0.2, 0.25) is 0 Å². The molecule has 1 heterocycles. The molecule has 1 aliphatic heterocycles. The molecule has 1 aliphatic carbocycles. The maximum atomic E-state index is 8.94. The van der Waals surface area contributed by atoms with Crippen LogP contribution in [0.4, 0.5) is 0 Å². The SMILES string of the molecule is CC(C)SC(=NC#N)C1=C(N2CCCC2)CCCC1. The van der Waals surface area contributed by atoms with Crippen molar-refractivity contribution in [2.24, 2.45) is 4.99 Å². The van der Waals surface area contributed by atoms with Crippen molar-refractivity contribution >= 4 is 16.8 Å². The van der Waals surface area contributed by atoms with Crippen molar-refractivity contribution < 1.29 is 0 Å². The molecule has 4 heteroatoms. The highest BCUT2D eigenvalue weighted by atomic mass is 32.2. The van der Waals surface area contributed by atoms with E-state index in [0.29, 0.717) is 5.25 Å². The average molecular weight is 277 g/mol. The predicted octanol–water partition coefficient (Wildman–Crippen LogP) is 3.93. The monoisotopic (exact) mass is 277 g/mol. The Morgan fingerprint density at radius 2 is 1.89 bits per heavy atom. The van der Waals surface area contributed by atoms with Crippen LogP contribution in [-0.4, -0.2) is 28.3 Å². The van der Waals surface area contributed by atoms with E-state index >= 15 is 0 Å². The summed E-state index contributed by atoms with van der Waals surface area (Å²) in [6.45, 7) is 6.70. The number of hydrogen-bond donors (Lipinski definition) is 0. The summed E-state index contributed by atoms with van der Waals surface area (Å²) >= 11 is 1.74. The zero-order valence-corrected chi connectivity index (χ0v) is 12.8. The van der Waals surface area contributed by atoms with Crippen molar-refractivity contribution in [2.75, 3.05) is 13.1 Å². The quantitative estimate of drug-likeness (QED) is 0.446. The van der Waals surface area contributed by atoms with Gasteiger partial charge in [0.2, 0.25) is 6.19 Å². The van der Waals surface area contributed by atoms with Crippen molar-refractivity contribution in [3.63, 3.8) is 0 Å². The molecule has 0 aromatic rings. The van der Waals surface area contributed by atoms with Crippen LogP contribution in [0.25, 0.3) is 0 Å². The third kappa shape index (κ3) is 3.76. The topological polar surface area (TPSA) is 39.4 Å². The maximum absolute atomic E-state index is 8.94. The highest BCUT2D eigenvalue weighted by molar-refractivity contribution is 8.14. The second-order valence-corrected chi connectivity index (χ2v) is 7.08. The van der Waals surface area contributed by atoms with Crippen molar-refractivity contribution in [3.05, 3.63) is 11.3 Å². The smallest absolute Gasteiger partial charge is 0.206 e. The normalized spacial score (nSPS) is 21.2. The number of nitriles is 1. The Hall–Kier alpha value is -0.950. The molecule has 0 atom stereocenters. The molecule has 0 N–H and O–H groups in total. The minimum absolute atomic E-state index is 0.473. The zero-order chi connectivity index (χ0) is 13.7. The summed E-state index contributed by atoms with van der Waals surface area (Å²) in [4.78, 5) is 6.64. The molecule has 0 radical (unpaired) electrons. The molecule has 19 heavy (non-hydrogen) atoms. The second-order valence-electron chi connectivity index (χ2n) is 5.51. The highest BCUT2D eigenvalue weighted by Crippen LogP contribution is 2.34. The molecule has 2 aliphatic rings. The summed E-state index contributed by atoms with van der Waals surface area (Å²) in [7, 11) is 0. The van der Waals surface area contributed by atoms with Crippen LogP contribution in [0.3, 0.4) is 0 Å². The van der Waals surface area contributed by atoms with E-state index in [4.69, 9.17) is 5.26 Å². The first kappa shape index (κ1) is 14.5. The van der Waals surface area contributed by atoms with E-state index in [1.165, 1.54) is 56.5 Å². The molecule has 1 fully saturated rings. The van der Waals surface area contributed by atoms with E-state index in [9.17, 15) is 0 Å². The summed E-state index contributed by atoms with van der Waals surface area (Å²) in [5.41, 5.74) is 2.83. The number of hydrogen-bond acceptors (Lipinski definition) is 4. The number of nitrogens with zero attached hydrogens (tertiary/aromatic N) is 3. The third-order valence-electron chi connectivity index (χ3n) is 3.68. The summed E-state index contributed by atoms with van der Waals surface area (Å²) in [5, 5.41) is 10.4. The molecule has 0 spiro atoms. The molecule has 0 unspecified atom stereocenters. The van der Waals surface area contributed by atoms with Gasteiger partial charge in [-0.3, -0.25) is 0 Å². The molecular weight excluding hydrogens is 254 g/mol. The van der Waals surface area contributed by atoms with Crippen LogP contribution in [0.15, 0.2) is 16.3 Å². The average Bonchev–Trinajstić information content (AvgIpc) is 2.91. The lowest BCUT2D eigenvalue weighted by Gasteiger charge is -2.29. The molecule has 0 aromatic heterocycles. The summed E-state index contributed by atoms with van der Waals surface area (Å²) < 4.78 is 0. The Bertz CT molecular complexity index is 412. The van der Waals surface area contributed by atoms with Crippen molar-refractivity contribution in [1.82, 2.24) is 4.90 Å². The van der Waals surface area contributed by atoms with Crippen molar-refractivity contribution in [2.45, 2.75) is 57.6 Å². The Morgan fingerprint density at radius 1 is 1.21 bits per heavy atom. The van der Waals surface area contributed by atoms with Gasteiger partial charge in [0.05, 0.1) is 0 Å². The van der Waals surface area contributed by atoms with E-state index < -0.39 is 0 Å². The van der Waals surface area contributed by atoms with Crippen molar-refractivity contribution in [3.8, 4) is 6.19 Å². The van der Waals surface area contributed by atoms with Gasteiger partial charge in [-0.15, -0.1) is 11.8 Å². The molecule has 0 bridgehead atoms. The fourth-order valence-electron chi connectivity index (χ4n) is 2.89. The summed E-state index contributed by atoms with van der Waals surface area (Å²) in [6, 6.07) is 0. The fourth-order valence-corrected chi connectivity index (χ4v) is 3.79. The lowest BCUT2D eigenvalue weighted by Crippen LogP contribution is -2.24. The van der Waals surface area contributed by atoms with Crippen LogP contribution >= 0.6 is 11.8 Å². The number of rotatable bonds is 3. The van der Waals surface area contributed by atoms with Gasteiger partial charge < -0.3 is 4.90 Å². The minimum atomic E-state index is 0.473. The zero-order valence-electron chi connectivity index (χ0n) is 12.0. The number of thioether (sulfide) groups is 1. The van der Waals surface area contributed by atoms with Gasteiger partial charge in [-0.2, -0.15) is 10.3 Å². The Kier molecular flexibility index (Phi) is 5.33. The number of aliphatic imine (C=N–C) groups is 1. The van der Waals surface area contributed by atoms with Gasteiger partial charge in [-0.25, -0.2) is 0 Å². The summed E-state index contributed by atoms with van der Waals surface area (Å²) in [5.74, 6) is 0. The predicted molar refractivity (Wildman–Crippen MR) is 82.1 cm³/mol. The first-order valence-corrected chi connectivity index (χ1v) is 8.21. The number of allylic oxidation sites excluding steroid dienone is 1. The molecule has 0 aromatic carbocycles. The van der Waals surface area contributed by atoms with Crippen LogP contribution in [0.1, 0.15) is 52.4 Å². The van der Waals surface area contributed by atoms with Crippen LogP contribution in [0.5, 0.6) is 0 Å². The van der Waals surface area contributed by atoms with E-state index in [-0.39, 0.29) is 0 Å². The van der Waals surface area contributed by atoms with Crippen LogP contribution in [-0.2, 0) is 0 Å². The first-order chi connectivity index (χ1) is 9.22. The second kappa shape index (κ2) is 7.00. The van der Waals surface area contributed by atoms with E-state index in [1.807, 2.05) is 6.19 Å². The molecule has 0 saturated carbocycles. The first-order valence-electron chi connectivity index (χ1n) is 7.33. The molecule has 1 saturated heterocycles. The van der Waals surface area contributed by atoms with Gasteiger partial charge in [-0.1, -0.05) is 13.8 Å². The minimum Gasteiger partial charge on any atom is -0.375 e. The Balaban J connectivity index is 2.29. The lowest BCUT2D eigenvalue weighted by molar-refractivity contribution is 0.389. The molecular formula is C15H23N3S. The maximum Gasteiger partial charge on any atom is 0.206 e. The van der Waals surface area contributed by atoms with Gasteiger partial charge in [0.25, 0.3) is 0 Å². The highest BCUT2D eigenvalue weighted by Gasteiger charge is 2.24. The largest absolute Gasteiger partial charge is 0.375 e. The van der Waals surface area contributed by atoms with Gasteiger partial charge >= 0.3 is 0 Å². The lowest BCUT2D eigenvalue weighted by atomic mass is 9.96. The van der Waals surface area contributed by atoms with Crippen LogP contribution in [0, 0.1) is 11.5 Å². The van der Waals surface area contributed by atoms with Crippen molar-refractivity contribution in [1.29, 1.82) is 5.26 Å². The molecule has 2 rings (SSSR count).